The quantitative estimate of drug-likeness (QED) is 0.415. The molecule has 1 aliphatic heterocycles. The molecule has 8 heteroatoms. The monoisotopic (exact) mass is 441 g/mol. The maximum absolute atomic E-state index is 13.9. The van der Waals surface area contributed by atoms with Crippen LogP contribution in [-0.4, -0.2) is 22.5 Å². The predicted molar refractivity (Wildman–Crippen MR) is 114 cm³/mol. The SMILES string of the molecule is CCCCCCCc1cc(=O)n2c(c1-c1ccc(F)c(F)c1)SCC2P=O.CO. The molecule has 0 saturated heterocycles. The van der Waals surface area contributed by atoms with Gasteiger partial charge in [0.25, 0.3) is 5.56 Å². The van der Waals surface area contributed by atoms with Crippen LogP contribution in [0, 0.1) is 11.6 Å². The van der Waals surface area contributed by atoms with Gasteiger partial charge in [-0.1, -0.05) is 38.7 Å². The molecule has 1 N–H and O–H groups in total. The molecule has 0 bridgehead atoms. The molecule has 0 spiro atoms. The molecule has 4 nitrogen and oxygen atoms in total. The largest absolute Gasteiger partial charge is 0.400 e. The number of pyridine rings is 1. The second kappa shape index (κ2) is 11.6. The Morgan fingerprint density at radius 1 is 1.14 bits per heavy atom. The Bertz CT molecular complexity index is 904. The fourth-order valence-electron chi connectivity index (χ4n) is 3.45. The molecule has 2 heterocycles. The predicted octanol–water partition coefficient (Wildman–Crippen LogP) is 5.81. The fourth-order valence-corrected chi connectivity index (χ4v) is 5.53. The van der Waals surface area contributed by atoms with Gasteiger partial charge in [-0.2, -0.15) is 0 Å². The standard InChI is InChI=1S/C20H22F2NO2PS.CH4O/c1-2-3-4-5-6-7-13-11-17(24)23-18(26-25)12-27-20(23)19(13)14-8-9-15(21)16(22)10-14;1-2/h8-11,18H,2-7,12H2,1H3;2H,1H3. The van der Waals surface area contributed by atoms with Crippen LogP contribution in [0.1, 0.15) is 50.4 Å². The minimum Gasteiger partial charge on any atom is -0.400 e. The van der Waals surface area contributed by atoms with E-state index in [-0.39, 0.29) is 14.0 Å². The van der Waals surface area contributed by atoms with Crippen molar-refractivity contribution < 1.29 is 18.5 Å². The van der Waals surface area contributed by atoms with Crippen LogP contribution in [0.3, 0.4) is 0 Å². The number of unbranched alkanes of at least 4 members (excludes halogenated alkanes) is 4. The molecule has 1 unspecified atom stereocenters. The number of hydrogen-bond donors (Lipinski definition) is 1. The van der Waals surface area contributed by atoms with E-state index in [0.717, 1.165) is 50.0 Å². The first-order valence-electron chi connectivity index (χ1n) is 9.70. The summed E-state index contributed by atoms with van der Waals surface area (Å²) in [4.78, 5) is 12.6. The van der Waals surface area contributed by atoms with Crippen molar-refractivity contribution in [3.8, 4) is 11.1 Å². The summed E-state index contributed by atoms with van der Waals surface area (Å²) in [7, 11) is 0.885. The topological polar surface area (TPSA) is 59.3 Å². The molecule has 0 aliphatic carbocycles. The Balaban J connectivity index is 0.00000145. The maximum atomic E-state index is 13.9. The summed E-state index contributed by atoms with van der Waals surface area (Å²) < 4.78 is 40.2. The molecule has 2 aromatic rings. The summed E-state index contributed by atoms with van der Waals surface area (Å²) >= 11 is 1.45. The Morgan fingerprint density at radius 3 is 2.52 bits per heavy atom. The first-order valence-corrected chi connectivity index (χ1v) is 11.6. The van der Waals surface area contributed by atoms with Crippen molar-refractivity contribution in [1.29, 1.82) is 0 Å². The van der Waals surface area contributed by atoms with Crippen LogP contribution in [-0.2, 0) is 11.0 Å². The van der Waals surface area contributed by atoms with Crippen molar-refractivity contribution in [2.45, 2.75) is 56.3 Å². The van der Waals surface area contributed by atoms with Crippen molar-refractivity contribution in [3.63, 3.8) is 0 Å². The molecule has 29 heavy (non-hydrogen) atoms. The van der Waals surface area contributed by atoms with E-state index in [1.165, 1.54) is 28.8 Å². The molecule has 1 aromatic carbocycles. The van der Waals surface area contributed by atoms with Gasteiger partial charge in [-0.05, 0) is 36.1 Å². The lowest BCUT2D eigenvalue weighted by molar-refractivity contribution is 0.399. The van der Waals surface area contributed by atoms with Crippen LogP contribution >= 0.6 is 20.2 Å². The van der Waals surface area contributed by atoms with Gasteiger partial charge >= 0.3 is 0 Å². The molecule has 1 atom stereocenters. The van der Waals surface area contributed by atoms with Crippen LogP contribution in [0.25, 0.3) is 11.1 Å². The minimum atomic E-state index is -0.909. The summed E-state index contributed by atoms with van der Waals surface area (Å²) in [5.41, 5.74) is 1.99. The van der Waals surface area contributed by atoms with Crippen molar-refractivity contribution in [1.82, 2.24) is 4.57 Å². The smallest absolute Gasteiger partial charge is 0.252 e. The van der Waals surface area contributed by atoms with E-state index in [9.17, 15) is 18.1 Å². The number of fused-ring (bicyclic) bond motifs is 1. The summed E-state index contributed by atoms with van der Waals surface area (Å²) in [5, 5.41) is 7.70. The number of rotatable bonds is 8. The van der Waals surface area contributed by atoms with Crippen LogP contribution in [0.4, 0.5) is 8.78 Å². The highest BCUT2D eigenvalue weighted by molar-refractivity contribution is 7.99. The Morgan fingerprint density at radius 2 is 1.86 bits per heavy atom. The third kappa shape index (κ3) is 5.53. The number of aliphatic hydroxyl groups excluding tert-OH is 1. The average molecular weight is 441 g/mol. The Labute approximate surface area is 175 Å². The zero-order valence-electron chi connectivity index (χ0n) is 16.7. The number of benzene rings is 1. The van der Waals surface area contributed by atoms with Crippen molar-refractivity contribution in [2.24, 2.45) is 0 Å². The highest BCUT2D eigenvalue weighted by Gasteiger charge is 2.29. The molecule has 0 radical (unpaired) electrons. The van der Waals surface area contributed by atoms with Gasteiger partial charge < -0.3 is 5.11 Å². The lowest BCUT2D eigenvalue weighted by atomic mass is 9.97. The van der Waals surface area contributed by atoms with E-state index in [1.54, 1.807) is 12.1 Å². The highest BCUT2D eigenvalue weighted by atomic mass is 32.2. The van der Waals surface area contributed by atoms with Gasteiger partial charge in [0.05, 0.1) is 5.03 Å². The third-order valence-electron chi connectivity index (χ3n) is 4.84. The van der Waals surface area contributed by atoms with E-state index in [1.807, 2.05) is 0 Å². The number of hydrogen-bond acceptors (Lipinski definition) is 4. The van der Waals surface area contributed by atoms with Gasteiger partial charge in [-0.3, -0.25) is 13.9 Å². The molecule has 3 rings (SSSR count). The summed E-state index contributed by atoms with van der Waals surface area (Å²) in [6.07, 6.45) is 6.20. The number of aromatic nitrogens is 1. The Hall–Kier alpha value is -1.56. The molecule has 1 aliphatic rings. The van der Waals surface area contributed by atoms with Crippen LogP contribution in [0.5, 0.6) is 0 Å². The Kier molecular flexibility index (Phi) is 9.47. The van der Waals surface area contributed by atoms with Crippen LogP contribution in [0.2, 0.25) is 0 Å². The lowest BCUT2D eigenvalue weighted by Crippen LogP contribution is -2.22. The van der Waals surface area contributed by atoms with Gasteiger partial charge in [0.2, 0.25) is 0 Å². The van der Waals surface area contributed by atoms with Crippen molar-refractivity contribution >= 4 is 20.2 Å². The number of nitrogens with zero attached hydrogens (tertiary/aromatic N) is 1. The number of aliphatic hydroxyl groups is 1. The molecule has 158 valence electrons. The van der Waals surface area contributed by atoms with Gasteiger partial charge in [-0.25, -0.2) is 8.78 Å². The van der Waals surface area contributed by atoms with E-state index in [4.69, 9.17) is 5.11 Å². The molecule has 1 aromatic heterocycles. The summed E-state index contributed by atoms with van der Waals surface area (Å²) in [6, 6.07) is 5.41. The van der Waals surface area contributed by atoms with E-state index in [0.29, 0.717) is 22.8 Å². The molecule has 0 fully saturated rings. The van der Waals surface area contributed by atoms with E-state index < -0.39 is 17.4 Å². The van der Waals surface area contributed by atoms with Crippen LogP contribution in [0.15, 0.2) is 34.1 Å². The average Bonchev–Trinajstić information content (AvgIpc) is 3.16. The zero-order chi connectivity index (χ0) is 21.4. The van der Waals surface area contributed by atoms with Gasteiger partial charge in [0.1, 0.15) is 5.78 Å². The first kappa shape index (κ1) is 23.7. The van der Waals surface area contributed by atoms with E-state index in [2.05, 4.69) is 6.92 Å². The lowest BCUT2D eigenvalue weighted by Gasteiger charge is -2.16. The van der Waals surface area contributed by atoms with Gasteiger partial charge in [0.15, 0.2) is 20.1 Å². The normalized spacial score (nSPS) is 15.1. The fraction of sp³-hybridized carbons (Fsp3) is 0.476. The summed E-state index contributed by atoms with van der Waals surface area (Å²) in [5.74, 6) is -1.70. The zero-order valence-corrected chi connectivity index (χ0v) is 18.4. The molecular weight excluding hydrogens is 415 g/mol. The molecule has 0 saturated carbocycles. The van der Waals surface area contributed by atoms with Gasteiger partial charge in [-0.15, -0.1) is 11.8 Å². The molecule has 0 amide bonds. The van der Waals surface area contributed by atoms with Crippen LogP contribution < -0.4 is 5.56 Å². The third-order valence-corrected chi connectivity index (χ3v) is 6.90. The maximum Gasteiger partial charge on any atom is 0.252 e. The summed E-state index contributed by atoms with van der Waals surface area (Å²) in [6.45, 7) is 2.16. The van der Waals surface area contributed by atoms with E-state index >= 15 is 0 Å². The second-order valence-corrected chi connectivity index (χ2v) is 8.56. The first-order chi connectivity index (χ1) is 14.1. The van der Waals surface area contributed by atoms with Crippen molar-refractivity contribution in [3.05, 3.63) is 51.8 Å². The van der Waals surface area contributed by atoms with Gasteiger partial charge in [0, 0.05) is 24.5 Å². The minimum absolute atomic E-state index is 0.115. The van der Waals surface area contributed by atoms with Crippen molar-refractivity contribution in [2.75, 3.05) is 12.9 Å². The number of halogens is 2. The second-order valence-electron chi connectivity index (χ2n) is 6.75. The number of aryl methyl sites for hydroxylation is 1. The number of thioether (sulfide) groups is 1. The molecular formula is C21H26F2NO3PS. The highest BCUT2D eigenvalue weighted by Crippen LogP contribution is 2.44.